The molecule has 0 spiro atoms. The van der Waals surface area contributed by atoms with E-state index in [0.717, 1.165) is 22.1 Å². The fourth-order valence-corrected chi connectivity index (χ4v) is 1.21. The third kappa shape index (κ3) is 1.43. The zero-order valence-corrected chi connectivity index (χ0v) is 8.15. The number of nitrogens with one attached hydrogen (secondary N) is 1. The number of rotatable bonds is 2. The Morgan fingerprint density at radius 1 is 1.36 bits per heavy atom. The Kier molecular flexibility index (Phi) is 1.90. The summed E-state index contributed by atoms with van der Waals surface area (Å²) in [5.41, 5.74) is -0.767. The van der Waals surface area contributed by atoms with Gasteiger partial charge in [0, 0.05) is 20.1 Å². The number of aryl methyl sites for hydroxylation is 1. The first-order valence-corrected chi connectivity index (χ1v) is 4.50. The molecule has 2 rings (SSSR count). The number of nitrogens with zero attached hydrogens (tertiary/aromatic N) is 3. The van der Waals surface area contributed by atoms with Crippen LogP contribution in [0, 0.1) is 0 Å². The molecule has 14 heavy (non-hydrogen) atoms. The van der Waals surface area contributed by atoms with Crippen molar-refractivity contribution in [2.24, 2.45) is 14.1 Å². The minimum atomic E-state index is -0.406. The maximum absolute atomic E-state index is 11.5. The predicted octanol–water partition coefficient (Wildman–Crippen LogP) is -0.947. The molecular formula is C8H12N4O2. The molecular weight excluding hydrogens is 184 g/mol. The van der Waals surface area contributed by atoms with E-state index >= 15 is 0 Å². The molecule has 1 aromatic heterocycles. The van der Waals surface area contributed by atoms with Crippen molar-refractivity contribution in [3.63, 3.8) is 0 Å². The molecule has 76 valence electrons. The Hall–Kier alpha value is -1.59. The predicted molar refractivity (Wildman–Crippen MR) is 51.4 cm³/mol. The first-order chi connectivity index (χ1) is 6.59. The molecule has 6 nitrogen and oxygen atoms in total. The van der Waals surface area contributed by atoms with Crippen LogP contribution in [0.25, 0.3) is 0 Å². The summed E-state index contributed by atoms with van der Waals surface area (Å²) in [4.78, 5) is 22.8. The van der Waals surface area contributed by atoms with Crippen LogP contribution in [-0.4, -0.2) is 20.4 Å². The third-order valence-electron chi connectivity index (χ3n) is 2.24. The molecule has 1 N–H and O–H groups in total. The van der Waals surface area contributed by atoms with Gasteiger partial charge in [0.05, 0.1) is 0 Å². The molecule has 1 fully saturated rings. The largest absolute Gasteiger partial charge is 0.361 e. The van der Waals surface area contributed by atoms with Gasteiger partial charge in [0.25, 0.3) is 5.56 Å². The molecule has 1 aliphatic carbocycles. The Morgan fingerprint density at radius 2 is 2.00 bits per heavy atom. The van der Waals surface area contributed by atoms with Crippen LogP contribution in [0.5, 0.6) is 0 Å². The van der Waals surface area contributed by atoms with Crippen LogP contribution in [0.2, 0.25) is 0 Å². The molecule has 0 saturated heterocycles. The summed E-state index contributed by atoms with van der Waals surface area (Å²) in [7, 11) is 2.98. The van der Waals surface area contributed by atoms with Crippen molar-refractivity contribution < 1.29 is 0 Å². The van der Waals surface area contributed by atoms with Gasteiger partial charge in [-0.2, -0.15) is 0 Å². The Morgan fingerprint density at radius 3 is 2.57 bits per heavy atom. The maximum atomic E-state index is 11.5. The van der Waals surface area contributed by atoms with E-state index in [1.807, 2.05) is 0 Å². The first kappa shape index (κ1) is 8.98. The highest BCUT2D eigenvalue weighted by molar-refractivity contribution is 5.32. The lowest BCUT2D eigenvalue weighted by atomic mass is 10.6. The van der Waals surface area contributed by atoms with Gasteiger partial charge < -0.3 is 5.32 Å². The molecule has 1 aliphatic rings. The molecule has 1 aromatic rings. The van der Waals surface area contributed by atoms with Gasteiger partial charge in [0.1, 0.15) is 0 Å². The van der Waals surface area contributed by atoms with Crippen molar-refractivity contribution in [3.05, 3.63) is 20.8 Å². The van der Waals surface area contributed by atoms with Crippen LogP contribution < -0.4 is 16.6 Å². The van der Waals surface area contributed by atoms with Gasteiger partial charge in [-0.15, -0.1) is 5.10 Å². The second-order valence-corrected chi connectivity index (χ2v) is 3.54. The highest BCUT2D eigenvalue weighted by Crippen LogP contribution is 2.21. The van der Waals surface area contributed by atoms with Crippen molar-refractivity contribution in [2.45, 2.75) is 18.9 Å². The fourth-order valence-electron chi connectivity index (χ4n) is 1.21. The van der Waals surface area contributed by atoms with Gasteiger partial charge in [-0.25, -0.2) is 9.48 Å². The first-order valence-electron chi connectivity index (χ1n) is 4.50. The summed E-state index contributed by atoms with van der Waals surface area (Å²) in [5.74, 6) is 0.261. The van der Waals surface area contributed by atoms with Crippen LogP contribution in [0.15, 0.2) is 9.59 Å². The minimum Gasteiger partial charge on any atom is -0.361 e. The van der Waals surface area contributed by atoms with E-state index < -0.39 is 5.69 Å². The summed E-state index contributed by atoms with van der Waals surface area (Å²) in [5, 5.41) is 6.86. The van der Waals surface area contributed by atoms with Crippen LogP contribution in [-0.2, 0) is 14.1 Å². The smallest absolute Gasteiger partial charge is 0.346 e. The second-order valence-electron chi connectivity index (χ2n) is 3.54. The lowest BCUT2D eigenvalue weighted by Crippen LogP contribution is -2.40. The minimum absolute atomic E-state index is 0.261. The van der Waals surface area contributed by atoms with Gasteiger partial charge in [-0.3, -0.25) is 9.36 Å². The van der Waals surface area contributed by atoms with Gasteiger partial charge in [-0.1, -0.05) is 0 Å². The normalized spacial score (nSPS) is 15.6. The maximum Gasteiger partial charge on any atom is 0.346 e. The molecule has 0 unspecified atom stereocenters. The zero-order valence-electron chi connectivity index (χ0n) is 8.15. The molecule has 0 aliphatic heterocycles. The summed E-state index contributed by atoms with van der Waals surface area (Å²) in [6.07, 6.45) is 2.13. The van der Waals surface area contributed by atoms with Crippen molar-refractivity contribution in [2.75, 3.05) is 5.32 Å². The standard InChI is InChI=1S/C8H12N4O2/c1-11-7(13)6(9-5-3-4-5)10-12(2)8(11)14/h5H,3-4H2,1-2H3,(H,9,10). The second kappa shape index (κ2) is 2.97. The average Bonchev–Trinajstić information content (AvgIpc) is 2.94. The van der Waals surface area contributed by atoms with Crippen molar-refractivity contribution in [3.8, 4) is 0 Å². The Balaban J connectivity index is 2.49. The quantitative estimate of drug-likeness (QED) is 0.662. The van der Waals surface area contributed by atoms with Gasteiger partial charge >= 0.3 is 5.69 Å². The van der Waals surface area contributed by atoms with Crippen LogP contribution in [0.4, 0.5) is 5.82 Å². The molecule has 6 heteroatoms. The average molecular weight is 196 g/mol. The van der Waals surface area contributed by atoms with E-state index in [9.17, 15) is 9.59 Å². The highest BCUT2D eigenvalue weighted by Gasteiger charge is 2.23. The third-order valence-corrected chi connectivity index (χ3v) is 2.24. The van der Waals surface area contributed by atoms with Crippen LogP contribution >= 0.6 is 0 Å². The van der Waals surface area contributed by atoms with Gasteiger partial charge in [0.15, 0.2) is 0 Å². The number of hydrogen-bond acceptors (Lipinski definition) is 4. The van der Waals surface area contributed by atoms with Crippen molar-refractivity contribution >= 4 is 5.82 Å². The Bertz CT molecular complexity index is 469. The van der Waals surface area contributed by atoms with Crippen LogP contribution in [0.1, 0.15) is 12.8 Å². The van der Waals surface area contributed by atoms with E-state index in [1.165, 1.54) is 14.1 Å². The highest BCUT2D eigenvalue weighted by atomic mass is 16.2. The lowest BCUT2D eigenvalue weighted by Gasteiger charge is -2.06. The van der Waals surface area contributed by atoms with E-state index in [0.29, 0.717) is 6.04 Å². The summed E-state index contributed by atoms with van der Waals surface area (Å²) in [6, 6.07) is 0.354. The van der Waals surface area contributed by atoms with E-state index in [1.54, 1.807) is 0 Å². The van der Waals surface area contributed by atoms with Crippen LogP contribution in [0.3, 0.4) is 0 Å². The monoisotopic (exact) mass is 196 g/mol. The van der Waals surface area contributed by atoms with Crippen molar-refractivity contribution in [1.82, 2.24) is 14.3 Å². The summed E-state index contributed by atoms with van der Waals surface area (Å²) < 4.78 is 2.21. The topological polar surface area (TPSA) is 68.9 Å². The molecule has 0 bridgehead atoms. The van der Waals surface area contributed by atoms with E-state index in [4.69, 9.17) is 0 Å². The summed E-state index contributed by atoms with van der Waals surface area (Å²) >= 11 is 0. The Labute approximate surface area is 80.2 Å². The van der Waals surface area contributed by atoms with Crippen molar-refractivity contribution in [1.29, 1.82) is 0 Å². The zero-order chi connectivity index (χ0) is 10.3. The molecule has 0 atom stereocenters. The molecule has 0 aromatic carbocycles. The van der Waals surface area contributed by atoms with E-state index in [-0.39, 0.29) is 11.4 Å². The number of anilines is 1. The SMILES string of the molecule is Cn1nc(NC2CC2)c(=O)n(C)c1=O. The molecule has 0 radical (unpaired) electrons. The molecule has 1 saturated carbocycles. The molecule has 0 amide bonds. The van der Waals surface area contributed by atoms with Gasteiger partial charge in [-0.05, 0) is 12.8 Å². The fraction of sp³-hybridized carbons (Fsp3) is 0.625. The number of aromatic nitrogens is 3. The summed E-state index contributed by atoms with van der Waals surface area (Å²) in [6.45, 7) is 0. The van der Waals surface area contributed by atoms with E-state index in [2.05, 4.69) is 10.4 Å². The molecule has 1 heterocycles. The van der Waals surface area contributed by atoms with Gasteiger partial charge in [0.2, 0.25) is 5.82 Å². The number of hydrogen-bond donors (Lipinski definition) is 1. The lowest BCUT2D eigenvalue weighted by molar-refractivity contribution is 0.604.